The molecule has 0 fully saturated rings. The van der Waals surface area contributed by atoms with Gasteiger partial charge in [-0.2, -0.15) is 0 Å². The van der Waals surface area contributed by atoms with E-state index in [-0.39, 0.29) is 5.91 Å². The molecule has 0 radical (unpaired) electrons. The number of carbonyl (C=O) groups is 1. The van der Waals surface area contributed by atoms with Crippen LogP contribution in [-0.4, -0.2) is 27.4 Å². The highest BCUT2D eigenvalue weighted by Crippen LogP contribution is 2.24. The van der Waals surface area contributed by atoms with Crippen molar-refractivity contribution in [3.05, 3.63) is 78.2 Å². The first-order chi connectivity index (χ1) is 13.1. The van der Waals surface area contributed by atoms with Crippen LogP contribution in [0.4, 0.5) is 5.69 Å². The Kier molecular flexibility index (Phi) is 4.30. The van der Waals surface area contributed by atoms with E-state index >= 15 is 0 Å². The molecule has 1 aromatic carbocycles. The van der Waals surface area contributed by atoms with E-state index < -0.39 is 0 Å². The molecule has 0 spiro atoms. The zero-order chi connectivity index (χ0) is 18.8. The van der Waals surface area contributed by atoms with Gasteiger partial charge in [0.05, 0.1) is 18.4 Å². The summed E-state index contributed by atoms with van der Waals surface area (Å²) in [7, 11) is 1.54. The largest absolute Gasteiger partial charge is 0.481 e. The van der Waals surface area contributed by atoms with Crippen molar-refractivity contribution in [3.63, 3.8) is 0 Å². The molecule has 3 aromatic heterocycles. The van der Waals surface area contributed by atoms with Gasteiger partial charge < -0.3 is 14.5 Å². The first-order valence-electron chi connectivity index (χ1n) is 8.50. The molecule has 3 heterocycles. The minimum atomic E-state index is -0.229. The maximum Gasteiger partial charge on any atom is 0.257 e. The summed E-state index contributed by atoms with van der Waals surface area (Å²) in [6.07, 6.45) is 5.45. The molecule has 0 atom stereocenters. The molecule has 0 aliphatic heterocycles. The van der Waals surface area contributed by atoms with Crippen LogP contribution in [0.2, 0.25) is 0 Å². The zero-order valence-corrected chi connectivity index (χ0v) is 15.0. The number of imidazole rings is 1. The Balaban J connectivity index is 1.59. The Morgan fingerprint density at radius 2 is 2.04 bits per heavy atom. The number of hydrogen-bond acceptors (Lipinski definition) is 4. The number of nitrogens with one attached hydrogen (secondary N) is 1. The average Bonchev–Trinajstić information content (AvgIpc) is 3.14. The lowest BCUT2D eigenvalue weighted by Gasteiger charge is -2.07. The molecule has 0 aliphatic carbocycles. The molecule has 4 aromatic rings. The average molecular weight is 358 g/mol. The van der Waals surface area contributed by atoms with E-state index in [9.17, 15) is 4.79 Å². The molecular formula is C21H18N4O2. The van der Waals surface area contributed by atoms with Crippen LogP contribution in [0.3, 0.4) is 0 Å². The smallest absolute Gasteiger partial charge is 0.257 e. The quantitative estimate of drug-likeness (QED) is 0.599. The van der Waals surface area contributed by atoms with Crippen LogP contribution < -0.4 is 10.1 Å². The topological polar surface area (TPSA) is 68.5 Å². The molecule has 1 N–H and O–H groups in total. The Morgan fingerprint density at radius 3 is 2.78 bits per heavy atom. The number of fused-ring (bicyclic) bond motifs is 1. The summed E-state index contributed by atoms with van der Waals surface area (Å²) < 4.78 is 7.01. The molecular weight excluding hydrogens is 340 g/mol. The Bertz CT molecular complexity index is 1120. The lowest BCUT2D eigenvalue weighted by Crippen LogP contribution is -2.12. The van der Waals surface area contributed by atoms with E-state index in [0.29, 0.717) is 17.1 Å². The van der Waals surface area contributed by atoms with Crippen molar-refractivity contribution in [3.8, 4) is 17.1 Å². The van der Waals surface area contributed by atoms with Gasteiger partial charge in [-0.1, -0.05) is 18.2 Å². The third kappa shape index (κ3) is 3.37. The molecule has 134 valence electrons. The first kappa shape index (κ1) is 16.8. The second-order valence-corrected chi connectivity index (χ2v) is 6.17. The predicted molar refractivity (Wildman–Crippen MR) is 104 cm³/mol. The van der Waals surface area contributed by atoms with Crippen LogP contribution in [0.25, 0.3) is 16.9 Å². The van der Waals surface area contributed by atoms with Crippen LogP contribution in [0, 0.1) is 6.92 Å². The second-order valence-electron chi connectivity index (χ2n) is 6.17. The van der Waals surface area contributed by atoms with Crippen LogP contribution in [0.1, 0.15) is 15.9 Å². The van der Waals surface area contributed by atoms with Crippen LogP contribution >= 0.6 is 0 Å². The van der Waals surface area contributed by atoms with Crippen LogP contribution in [0.15, 0.2) is 67.1 Å². The molecule has 6 nitrogen and oxygen atoms in total. The fourth-order valence-electron chi connectivity index (χ4n) is 2.89. The number of pyridine rings is 2. The number of aryl methyl sites for hydroxylation is 1. The predicted octanol–water partition coefficient (Wildman–Crippen LogP) is 3.97. The molecule has 0 unspecified atom stereocenters. The van der Waals surface area contributed by atoms with Crippen LogP contribution in [0.5, 0.6) is 5.88 Å². The van der Waals surface area contributed by atoms with Gasteiger partial charge in [0.15, 0.2) is 0 Å². The van der Waals surface area contributed by atoms with E-state index in [1.54, 1.807) is 12.1 Å². The summed E-state index contributed by atoms with van der Waals surface area (Å²) in [5, 5.41) is 2.90. The normalized spacial score (nSPS) is 10.7. The van der Waals surface area contributed by atoms with Crippen molar-refractivity contribution in [2.24, 2.45) is 0 Å². The third-order valence-corrected chi connectivity index (χ3v) is 4.30. The van der Waals surface area contributed by atoms with Gasteiger partial charge in [-0.05, 0) is 36.8 Å². The molecule has 0 saturated carbocycles. The lowest BCUT2D eigenvalue weighted by atomic mass is 10.1. The third-order valence-electron chi connectivity index (χ3n) is 4.30. The number of methoxy groups -OCH3 is 1. The highest BCUT2D eigenvalue weighted by molar-refractivity contribution is 6.04. The van der Waals surface area contributed by atoms with Crippen molar-refractivity contribution < 1.29 is 9.53 Å². The van der Waals surface area contributed by atoms with Gasteiger partial charge in [-0.25, -0.2) is 9.97 Å². The molecule has 4 rings (SSSR count). The number of aromatic nitrogens is 3. The monoisotopic (exact) mass is 358 g/mol. The Labute approximate surface area is 156 Å². The number of amides is 1. The Morgan fingerprint density at radius 1 is 1.15 bits per heavy atom. The van der Waals surface area contributed by atoms with E-state index in [1.165, 1.54) is 13.3 Å². The SMILES string of the molecule is COc1ccc(C(=O)Nc2cccc(-c3cn4cccc(C)c4n3)c2)cn1. The standard InChI is InChI=1S/C21H18N4O2/c1-14-5-4-10-25-13-18(24-20(14)25)15-6-3-7-17(11-15)23-21(26)16-8-9-19(27-2)22-12-16/h3-13H,1-2H3,(H,23,26). The first-order valence-corrected chi connectivity index (χ1v) is 8.50. The molecule has 27 heavy (non-hydrogen) atoms. The summed E-state index contributed by atoms with van der Waals surface area (Å²) in [5.74, 6) is 0.240. The van der Waals surface area contributed by atoms with Gasteiger partial charge >= 0.3 is 0 Å². The minimum absolute atomic E-state index is 0.229. The number of anilines is 1. The van der Waals surface area contributed by atoms with Gasteiger partial charge in [0.2, 0.25) is 5.88 Å². The fraction of sp³-hybridized carbons (Fsp3) is 0.0952. The number of nitrogens with zero attached hydrogens (tertiary/aromatic N) is 3. The summed E-state index contributed by atoms with van der Waals surface area (Å²) >= 11 is 0. The maximum absolute atomic E-state index is 12.4. The molecule has 6 heteroatoms. The number of hydrogen-bond donors (Lipinski definition) is 1. The maximum atomic E-state index is 12.4. The number of ether oxygens (including phenoxy) is 1. The second kappa shape index (κ2) is 6.92. The van der Waals surface area contributed by atoms with Gasteiger partial charge in [-0.3, -0.25) is 4.79 Å². The number of rotatable bonds is 4. The van der Waals surface area contributed by atoms with Gasteiger partial charge in [0.25, 0.3) is 5.91 Å². The molecule has 0 bridgehead atoms. The van der Waals surface area contributed by atoms with Gasteiger partial charge in [-0.15, -0.1) is 0 Å². The molecule has 0 saturated heterocycles. The van der Waals surface area contributed by atoms with Crippen molar-refractivity contribution in [2.75, 3.05) is 12.4 Å². The summed E-state index contributed by atoms with van der Waals surface area (Å²) in [6, 6.07) is 15.0. The lowest BCUT2D eigenvalue weighted by molar-refractivity contribution is 0.102. The van der Waals surface area contributed by atoms with E-state index in [2.05, 4.69) is 10.3 Å². The van der Waals surface area contributed by atoms with Crippen molar-refractivity contribution in [2.45, 2.75) is 6.92 Å². The van der Waals surface area contributed by atoms with Gasteiger partial charge in [0, 0.05) is 35.9 Å². The van der Waals surface area contributed by atoms with Crippen molar-refractivity contribution >= 4 is 17.2 Å². The van der Waals surface area contributed by atoms with Gasteiger partial charge in [0.1, 0.15) is 5.65 Å². The van der Waals surface area contributed by atoms with E-state index in [1.807, 2.05) is 60.1 Å². The van der Waals surface area contributed by atoms with E-state index in [4.69, 9.17) is 9.72 Å². The van der Waals surface area contributed by atoms with E-state index in [0.717, 1.165) is 22.5 Å². The highest BCUT2D eigenvalue weighted by Gasteiger charge is 2.10. The van der Waals surface area contributed by atoms with Crippen molar-refractivity contribution in [1.82, 2.24) is 14.4 Å². The molecule has 0 aliphatic rings. The highest BCUT2D eigenvalue weighted by atomic mass is 16.5. The number of carbonyl (C=O) groups excluding carboxylic acids is 1. The summed E-state index contributed by atoms with van der Waals surface area (Å²) in [4.78, 5) is 21.2. The fourth-order valence-corrected chi connectivity index (χ4v) is 2.89. The summed E-state index contributed by atoms with van der Waals surface area (Å²) in [5.41, 5.74) is 4.98. The van der Waals surface area contributed by atoms with Crippen LogP contribution in [-0.2, 0) is 0 Å². The minimum Gasteiger partial charge on any atom is -0.481 e. The molecule has 1 amide bonds. The Hall–Kier alpha value is -3.67. The zero-order valence-electron chi connectivity index (χ0n) is 15.0. The number of benzene rings is 1. The summed E-state index contributed by atoms with van der Waals surface area (Å²) in [6.45, 7) is 2.03. The van der Waals surface area contributed by atoms with Crippen molar-refractivity contribution in [1.29, 1.82) is 0 Å².